The van der Waals surface area contributed by atoms with Crippen molar-refractivity contribution in [2.45, 2.75) is 26.3 Å². The first-order valence-corrected chi connectivity index (χ1v) is 7.62. The predicted octanol–water partition coefficient (Wildman–Crippen LogP) is 2.49. The second kappa shape index (κ2) is 7.16. The molecule has 0 bridgehead atoms. The molecule has 3 nitrogen and oxygen atoms in total. The van der Waals surface area contributed by atoms with Crippen molar-refractivity contribution < 1.29 is 4.74 Å². The number of rotatable bonds is 5. The number of thiocarbonyl (C=S) groups is 1. The van der Waals surface area contributed by atoms with Crippen LogP contribution < -0.4 is 5.73 Å². The van der Waals surface area contributed by atoms with Crippen molar-refractivity contribution >= 4 is 17.2 Å². The van der Waals surface area contributed by atoms with Gasteiger partial charge in [-0.15, -0.1) is 0 Å². The lowest BCUT2D eigenvalue weighted by atomic mass is 10.0. The Morgan fingerprint density at radius 2 is 2.30 bits per heavy atom. The van der Waals surface area contributed by atoms with Crippen molar-refractivity contribution in [2.24, 2.45) is 11.7 Å². The summed E-state index contributed by atoms with van der Waals surface area (Å²) in [6.07, 6.45) is 2.48. The van der Waals surface area contributed by atoms with E-state index in [1.807, 2.05) is 6.07 Å². The summed E-state index contributed by atoms with van der Waals surface area (Å²) >= 11 is 5.01. The molecule has 110 valence electrons. The Hall–Kier alpha value is -0.970. The number of nitrogens with two attached hydrogens (primary N) is 1. The first-order chi connectivity index (χ1) is 9.56. The second-order valence-electron chi connectivity index (χ2n) is 5.79. The van der Waals surface area contributed by atoms with Crippen molar-refractivity contribution in [2.75, 3.05) is 26.8 Å². The Balaban J connectivity index is 1.93. The highest BCUT2D eigenvalue weighted by molar-refractivity contribution is 7.80. The molecule has 1 heterocycles. The van der Waals surface area contributed by atoms with Crippen molar-refractivity contribution in [3.05, 3.63) is 34.9 Å². The fraction of sp³-hybridized carbons (Fsp3) is 0.562. The van der Waals surface area contributed by atoms with E-state index in [0.29, 0.717) is 10.9 Å². The molecular formula is C16H24N2OS. The van der Waals surface area contributed by atoms with E-state index >= 15 is 0 Å². The lowest BCUT2D eigenvalue weighted by Gasteiger charge is -2.27. The molecule has 1 aliphatic heterocycles. The zero-order valence-corrected chi connectivity index (χ0v) is 13.2. The molecule has 1 atom stereocenters. The van der Waals surface area contributed by atoms with Crippen LogP contribution in [0.2, 0.25) is 0 Å². The summed E-state index contributed by atoms with van der Waals surface area (Å²) < 4.78 is 5.54. The maximum Gasteiger partial charge on any atom is 0.103 e. The first kappa shape index (κ1) is 15.4. The molecule has 0 radical (unpaired) electrons. The normalized spacial score (nSPS) is 19.2. The quantitative estimate of drug-likeness (QED) is 0.846. The van der Waals surface area contributed by atoms with Crippen LogP contribution in [0, 0.1) is 12.8 Å². The van der Waals surface area contributed by atoms with Crippen molar-refractivity contribution in [3.63, 3.8) is 0 Å². The van der Waals surface area contributed by atoms with Crippen molar-refractivity contribution in [1.29, 1.82) is 0 Å². The van der Waals surface area contributed by atoms with E-state index in [1.54, 1.807) is 0 Å². The fourth-order valence-electron chi connectivity index (χ4n) is 2.77. The molecule has 0 spiro atoms. The Kier molecular flexibility index (Phi) is 5.52. The molecule has 0 aromatic heterocycles. The minimum Gasteiger partial charge on any atom is -0.389 e. The molecule has 0 aliphatic carbocycles. The van der Waals surface area contributed by atoms with Crippen LogP contribution >= 0.6 is 12.2 Å². The van der Waals surface area contributed by atoms with Gasteiger partial charge in [-0.3, -0.25) is 0 Å². The maximum absolute atomic E-state index is 5.66. The van der Waals surface area contributed by atoms with Crippen LogP contribution in [-0.4, -0.2) is 36.7 Å². The van der Waals surface area contributed by atoms with E-state index in [1.165, 1.54) is 24.0 Å². The van der Waals surface area contributed by atoms with Crippen LogP contribution in [0.25, 0.3) is 0 Å². The van der Waals surface area contributed by atoms with Gasteiger partial charge in [-0.1, -0.05) is 24.4 Å². The number of nitrogens with zero attached hydrogens (tertiary/aromatic N) is 1. The van der Waals surface area contributed by atoms with Crippen LogP contribution in [0.15, 0.2) is 18.2 Å². The summed E-state index contributed by atoms with van der Waals surface area (Å²) in [5.41, 5.74) is 9.20. The second-order valence-corrected chi connectivity index (χ2v) is 6.23. The smallest absolute Gasteiger partial charge is 0.103 e. The minimum absolute atomic E-state index is 0.465. The van der Waals surface area contributed by atoms with Crippen molar-refractivity contribution in [1.82, 2.24) is 4.90 Å². The largest absolute Gasteiger partial charge is 0.389 e. The zero-order valence-electron chi connectivity index (χ0n) is 12.4. The molecule has 0 saturated carbocycles. The van der Waals surface area contributed by atoms with E-state index in [-0.39, 0.29) is 0 Å². The van der Waals surface area contributed by atoms with Crippen LogP contribution in [0.1, 0.15) is 29.5 Å². The molecule has 20 heavy (non-hydrogen) atoms. The highest BCUT2D eigenvalue weighted by Crippen LogP contribution is 2.17. The molecule has 4 heteroatoms. The number of ether oxygens (including phenoxy) is 1. The van der Waals surface area contributed by atoms with E-state index in [0.717, 1.165) is 31.9 Å². The monoisotopic (exact) mass is 292 g/mol. The van der Waals surface area contributed by atoms with Crippen molar-refractivity contribution in [3.8, 4) is 0 Å². The summed E-state index contributed by atoms with van der Waals surface area (Å²) in [6.45, 7) is 6.01. The van der Waals surface area contributed by atoms with Gasteiger partial charge < -0.3 is 15.4 Å². The first-order valence-electron chi connectivity index (χ1n) is 7.22. The molecule has 1 aliphatic rings. The lowest BCUT2D eigenvalue weighted by Crippen LogP contribution is -2.30. The fourth-order valence-corrected chi connectivity index (χ4v) is 2.90. The van der Waals surface area contributed by atoms with Gasteiger partial charge in [0.15, 0.2) is 0 Å². The number of hydrogen-bond acceptors (Lipinski definition) is 3. The van der Waals surface area contributed by atoms with Gasteiger partial charge in [-0.25, -0.2) is 0 Å². The Morgan fingerprint density at radius 3 is 2.90 bits per heavy atom. The molecule has 2 N–H and O–H groups in total. The van der Waals surface area contributed by atoms with Gasteiger partial charge in [0.25, 0.3) is 0 Å². The predicted molar refractivity (Wildman–Crippen MR) is 86.9 cm³/mol. The van der Waals surface area contributed by atoms with E-state index in [2.05, 4.69) is 31.0 Å². The number of aryl methyl sites for hydroxylation is 1. The van der Waals surface area contributed by atoms with Gasteiger partial charge in [-0.05, 0) is 49.9 Å². The van der Waals surface area contributed by atoms with Crippen LogP contribution in [0.3, 0.4) is 0 Å². The average molecular weight is 292 g/mol. The molecule has 1 aromatic carbocycles. The van der Waals surface area contributed by atoms with E-state index < -0.39 is 0 Å². The lowest BCUT2D eigenvalue weighted by molar-refractivity contribution is 0.0411. The van der Waals surface area contributed by atoms with E-state index in [9.17, 15) is 0 Å². The Morgan fingerprint density at radius 1 is 1.50 bits per heavy atom. The van der Waals surface area contributed by atoms with Crippen LogP contribution in [-0.2, 0) is 11.3 Å². The summed E-state index contributed by atoms with van der Waals surface area (Å²) in [6, 6.07) is 6.23. The molecule has 1 saturated heterocycles. The third-order valence-electron chi connectivity index (χ3n) is 3.89. The average Bonchev–Trinajstić information content (AvgIpc) is 2.42. The SMILES string of the molecule is Cc1cc(C(N)=S)ccc1CN(C)CC1CCCOC1. The minimum atomic E-state index is 0.465. The molecule has 0 amide bonds. The van der Waals surface area contributed by atoms with E-state index in [4.69, 9.17) is 22.7 Å². The summed E-state index contributed by atoms with van der Waals surface area (Å²) in [7, 11) is 2.18. The number of hydrogen-bond donors (Lipinski definition) is 1. The van der Waals surface area contributed by atoms with Gasteiger partial charge >= 0.3 is 0 Å². The molecule has 1 fully saturated rings. The molecular weight excluding hydrogens is 268 g/mol. The highest BCUT2D eigenvalue weighted by Gasteiger charge is 2.16. The summed E-state index contributed by atoms with van der Waals surface area (Å²) in [5, 5.41) is 0. The standard InChI is InChI=1S/C16H24N2OS/c1-12-8-14(16(17)20)5-6-15(12)10-18(2)9-13-4-3-7-19-11-13/h5-6,8,13H,3-4,7,9-11H2,1-2H3,(H2,17,20). The molecule has 1 unspecified atom stereocenters. The highest BCUT2D eigenvalue weighted by atomic mass is 32.1. The van der Waals surface area contributed by atoms with Gasteiger partial charge in [0.1, 0.15) is 4.99 Å². The summed E-state index contributed by atoms with van der Waals surface area (Å²) in [5.74, 6) is 0.671. The van der Waals surface area contributed by atoms with Gasteiger partial charge in [0, 0.05) is 25.3 Å². The van der Waals surface area contributed by atoms with Gasteiger partial charge in [0.05, 0.1) is 6.61 Å². The third-order valence-corrected chi connectivity index (χ3v) is 4.13. The van der Waals surface area contributed by atoms with Gasteiger partial charge in [-0.2, -0.15) is 0 Å². The Bertz CT molecular complexity index is 470. The molecule has 2 rings (SSSR count). The topological polar surface area (TPSA) is 38.5 Å². The Labute approximate surface area is 127 Å². The van der Waals surface area contributed by atoms with Crippen LogP contribution in [0.5, 0.6) is 0 Å². The van der Waals surface area contributed by atoms with Gasteiger partial charge in [0.2, 0.25) is 0 Å². The maximum atomic E-state index is 5.66. The number of benzene rings is 1. The van der Waals surface area contributed by atoms with Crippen LogP contribution in [0.4, 0.5) is 0 Å². The zero-order chi connectivity index (χ0) is 14.5. The third kappa shape index (κ3) is 4.27. The summed E-state index contributed by atoms with van der Waals surface area (Å²) in [4.78, 5) is 2.84. The molecule has 1 aromatic rings.